The number of aromatic nitrogens is 2. The van der Waals surface area contributed by atoms with E-state index in [2.05, 4.69) is 5.10 Å². The third-order valence-electron chi connectivity index (χ3n) is 1.63. The van der Waals surface area contributed by atoms with E-state index in [9.17, 15) is 0 Å². The van der Waals surface area contributed by atoms with Crippen molar-refractivity contribution in [3.05, 3.63) is 17.5 Å². The molecule has 1 N–H and O–H groups in total. The van der Waals surface area contributed by atoms with Crippen LogP contribution < -0.4 is 0 Å². The van der Waals surface area contributed by atoms with Gasteiger partial charge in [-0.2, -0.15) is 5.10 Å². The molecular formula is C8H14N2O. The van der Waals surface area contributed by atoms with Gasteiger partial charge >= 0.3 is 0 Å². The van der Waals surface area contributed by atoms with E-state index in [1.54, 1.807) is 11.6 Å². The van der Waals surface area contributed by atoms with Crippen molar-refractivity contribution in [2.75, 3.05) is 0 Å². The summed E-state index contributed by atoms with van der Waals surface area (Å²) < 4.78 is 1.77. The van der Waals surface area contributed by atoms with Crippen molar-refractivity contribution in [1.82, 2.24) is 9.78 Å². The Balaban J connectivity index is 2.77. The summed E-state index contributed by atoms with van der Waals surface area (Å²) in [5, 5.41) is 13.3. The second-order valence-electron chi connectivity index (χ2n) is 2.97. The number of aliphatic hydroxyl groups is 1. The lowest BCUT2D eigenvalue weighted by Gasteiger charge is -2.00. The average Bonchev–Trinajstić information content (AvgIpc) is 2.09. The van der Waals surface area contributed by atoms with Crippen molar-refractivity contribution in [3.8, 4) is 0 Å². The summed E-state index contributed by atoms with van der Waals surface area (Å²) in [6.07, 6.45) is 2.36. The standard InChI is InChI=1S/C8H14N2O/c1-6(11)4-8-5-10(3)9-7(8)2/h5-6,11H,4H2,1-3H3/t6-/m0/s1. The predicted molar refractivity (Wildman–Crippen MR) is 43.3 cm³/mol. The molecule has 1 heterocycles. The van der Waals surface area contributed by atoms with Crippen LogP contribution >= 0.6 is 0 Å². The monoisotopic (exact) mass is 154 g/mol. The zero-order valence-corrected chi connectivity index (χ0v) is 7.20. The normalized spacial score (nSPS) is 13.5. The summed E-state index contributed by atoms with van der Waals surface area (Å²) in [5.41, 5.74) is 2.14. The van der Waals surface area contributed by atoms with Crippen LogP contribution in [0.2, 0.25) is 0 Å². The lowest BCUT2D eigenvalue weighted by molar-refractivity contribution is 0.195. The van der Waals surface area contributed by atoms with E-state index >= 15 is 0 Å². The van der Waals surface area contributed by atoms with E-state index in [-0.39, 0.29) is 6.10 Å². The number of rotatable bonds is 2. The molecule has 0 radical (unpaired) electrons. The Kier molecular flexibility index (Phi) is 2.29. The van der Waals surface area contributed by atoms with Crippen molar-refractivity contribution in [2.24, 2.45) is 7.05 Å². The Hall–Kier alpha value is -0.830. The molecule has 1 aromatic heterocycles. The van der Waals surface area contributed by atoms with Gasteiger partial charge in [-0.3, -0.25) is 4.68 Å². The van der Waals surface area contributed by atoms with Gasteiger partial charge in [0.1, 0.15) is 0 Å². The minimum absolute atomic E-state index is 0.280. The van der Waals surface area contributed by atoms with Gasteiger partial charge in [-0.25, -0.2) is 0 Å². The molecule has 0 amide bonds. The van der Waals surface area contributed by atoms with Gasteiger partial charge in [0.25, 0.3) is 0 Å². The molecule has 1 aromatic rings. The predicted octanol–water partition coefficient (Wildman–Crippen LogP) is 0.652. The molecule has 0 aliphatic rings. The third-order valence-corrected chi connectivity index (χ3v) is 1.63. The van der Waals surface area contributed by atoms with Gasteiger partial charge in [-0.1, -0.05) is 0 Å². The first kappa shape index (κ1) is 8.27. The highest BCUT2D eigenvalue weighted by Gasteiger charge is 2.05. The SMILES string of the molecule is Cc1nn(C)cc1C[C@H](C)O. The zero-order chi connectivity index (χ0) is 8.43. The Morgan fingerprint density at radius 2 is 2.36 bits per heavy atom. The van der Waals surface area contributed by atoms with E-state index in [0.717, 1.165) is 11.3 Å². The number of nitrogens with zero attached hydrogens (tertiary/aromatic N) is 2. The molecule has 0 spiro atoms. The summed E-state index contributed by atoms with van der Waals surface area (Å²) >= 11 is 0. The van der Waals surface area contributed by atoms with Crippen molar-refractivity contribution in [3.63, 3.8) is 0 Å². The molecule has 0 saturated carbocycles. The molecule has 0 unspecified atom stereocenters. The molecule has 1 atom stereocenters. The van der Waals surface area contributed by atoms with Gasteiger partial charge in [-0.15, -0.1) is 0 Å². The number of aliphatic hydroxyl groups excluding tert-OH is 1. The molecule has 62 valence electrons. The quantitative estimate of drug-likeness (QED) is 0.679. The van der Waals surface area contributed by atoms with Crippen molar-refractivity contribution >= 4 is 0 Å². The molecule has 0 fully saturated rings. The summed E-state index contributed by atoms with van der Waals surface area (Å²) in [6.45, 7) is 3.74. The van der Waals surface area contributed by atoms with Crippen LogP contribution in [0.5, 0.6) is 0 Å². The van der Waals surface area contributed by atoms with Crippen LogP contribution in [0.15, 0.2) is 6.20 Å². The highest BCUT2D eigenvalue weighted by atomic mass is 16.3. The maximum absolute atomic E-state index is 9.10. The first-order valence-corrected chi connectivity index (χ1v) is 3.77. The smallest absolute Gasteiger partial charge is 0.0626 e. The molecule has 0 aliphatic carbocycles. The first-order valence-electron chi connectivity index (χ1n) is 3.77. The molecule has 3 heteroatoms. The molecule has 0 bridgehead atoms. The minimum Gasteiger partial charge on any atom is -0.393 e. The minimum atomic E-state index is -0.280. The Morgan fingerprint density at radius 1 is 1.73 bits per heavy atom. The molecule has 11 heavy (non-hydrogen) atoms. The van der Waals surface area contributed by atoms with E-state index in [0.29, 0.717) is 6.42 Å². The first-order chi connectivity index (χ1) is 5.09. The van der Waals surface area contributed by atoms with Crippen LogP contribution in [0.4, 0.5) is 0 Å². The molecule has 0 aliphatic heterocycles. The fourth-order valence-corrected chi connectivity index (χ4v) is 1.17. The van der Waals surface area contributed by atoms with Gasteiger partial charge in [0.2, 0.25) is 0 Å². The molecule has 1 rings (SSSR count). The van der Waals surface area contributed by atoms with Crippen LogP contribution in [0, 0.1) is 6.92 Å². The number of aryl methyl sites for hydroxylation is 2. The lowest BCUT2D eigenvalue weighted by atomic mass is 10.1. The molecular weight excluding hydrogens is 140 g/mol. The van der Waals surface area contributed by atoms with Gasteiger partial charge in [0, 0.05) is 19.7 Å². The second kappa shape index (κ2) is 3.05. The maximum Gasteiger partial charge on any atom is 0.0626 e. The van der Waals surface area contributed by atoms with Crippen LogP contribution in [-0.2, 0) is 13.5 Å². The summed E-state index contributed by atoms with van der Waals surface area (Å²) in [5.74, 6) is 0. The Labute approximate surface area is 66.7 Å². The highest BCUT2D eigenvalue weighted by Crippen LogP contribution is 2.07. The van der Waals surface area contributed by atoms with Crippen molar-refractivity contribution in [2.45, 2.75) is 26.4 Å². The Morgan fingerprint density at radius 3 is 2.73 bits per heavy atom. The van der Waals surface area contributed by atoms with E-state index < -0.39 is 0 Å². The van der Waals surface area contributed by atoms with E-state index in [1.807, 2.05) is 20.2 Å². The van der Waals surface area contributed by atoms with Crippen LogP contribution in [-0.4, -0.2) is 21.0 Å². The zero-order valence-electron chi connectivity index (χ0n) is 7.20. The lowest BCUT2D eigenvalue weighted by Crippen LogP contribution is -2.04. The number of hydrogen-bond donors (Lipinski definition) is 1. The Bertz CT molecular complexity index is 240. The summed E-state index contributed by atoms with van der Waals surface area (Å²) in [4.78, 5) is 0. The van der Waals surface area contributed by atoms with Gasteiger partial charge in [0.15, 0.2) is 0 Å². The van der Waals surface area contributed by atoms with Crippen LogP contribution in [0.3, 0.4) is 0 Å². The highest BCUT2D eigenvalue weighted by molar-refractivity contribution is 5.15. The van der Waals surface area contributed by atoms with Crippen molar-refractivity contribution in [1.29, 1.82) is 0 Å². The van der Waals surface area contributed by atoms with E-state index in [4.69, 9.17) is 5.11 Å². The van der Waals surface area contributed by atoms with Gasteiger partial charge in [0.05, 0.1) is 11.8 Å². The van der Waals surface area contributed by atoms with E-state index in [1.165, 1.54) is 0 Å². The molecule has 0 saturated heterocycles. The van der Waals surface area contributed by atoms with Gasteiger partial charge in [-0.05, 0) is 19.4 Å². The molecule has 3 nitrogen and oxygen atoms in total. The number of hydrogen-bond acceptors (Lipinski definition) is 2. The fourth-order valence-electron chi connectivity index (χ4n) is 1.17. The van der Waals surface area contributed by atoms with Crippen molar-refractivity contribution < 1.29 is 5.11 Å². The maximum atomic E-state index is 9.10. The largest absolute Gasteiger partial charge is 0.393 e. The second-order valence-corrected chi connectivity index (χ2v) is 2.97. The fraction of sp³-hybridized carbons (Fsp3) is 0.625. The third kappa shape index (κ3) is 2.05. The summed E-state index contributed by atoms with van der Waals surface area (Å²) in [6, 6.07) is 0. The molecule has 0 aromatic carbocycles. The van der Waals surface area contributed by atoms with Crippen LogP contribution in [0.25, 0.3) is 0 Å². The van der Waals surface area contributed by atoms with Gasteiger partial charge < -0.3 is 5.11 Å². The topological polar surface area (TPSA) is 38.0 Å². The average molecular weight is 154 g/mol. The summed E-state index contributed by atoms with van der Waals surface area (Å²) in [7, 11) is 1.89. The van der Waals surface area contributed by atoms with Crippen LogP contribution in [0.1, 0.15) is 18.2 Å².